The van der Waals surface area contributed by atoms with Gasteiger partial charge in [0.2, 0.25) is 0 Å². The van der Waals surface area contributed by atoms with Gasteiger partial charge < -0.3 is 0 Å². The molecule has 0 amide bonds. The maximum atomic E-state index is 4.38. The maximum Gasteiger partial charge on any atom is 0.0635 e. The summed E-state index contributed by atoms with van der Waals surface area (Å²) in [6, 6.07) is 0. The first-order valence-corrected chi connectivity index (χ1v) is 7.74. The smallest absolute Gasteiger partial charge is 0.0635 e. The summed E-state index contributed by atoms with van der Waals surface area (Å²) in [4.78, 5) is 0.634. The lowest BCUT2D eigenvalue weighted by Gasteiger charge is -2.10. The van der Waals surface area contributed by atoms with Crippen molar-refractivity contribution in [1.82, 2.24) is 9.78 Å². The minimum atomic E-state index is 0.634. The van der Waals surface area contributed by atoms with Crippen molar-refractivity contribution in [3.8, 4) is 0 Å². The largest absolute Gasteiger partial charge is 0.268 e. The highest BCUT2D eigenvalue weighted by Crippen LogP contribution is 2.21. The Morgan fingerprint density at radius 1 is 1.31 bits per heavy atom. The second-order valence-electron chi connectivity index (χ2n) is 4.09. The van der Waals surface area contributed by atoms with Gasteiger partial charge in [0, 0.05) is 11.4 Å². The monoisotopic (exact) mass is 350 g/mol. The summed E-state index contributed by atoms with van der Waals surface area (Å²) < 4.78 is 3.27. The lowest BCUT2D eigenvalue weighted by molar-refractivity contribution is 0.561. The molecular formula is C12H20Br2N2. The summed E-state index contributed by atoms with van der Waals surface area (Å²) in [7, 11) is 0. The van der Waals surface area contributed by atoms with Gasteiger partial charge in [-0.3, -0.25) is 4.68 Å². The van der Waals surface area contributed by atoms with Crippen molar-refractivity contribution in [2.75, 3.05) is 0 Å². The second kappa shape index (κ2) is 7.49. The number of hydrogen-bond acceptors (Lipinski definition) is 1. The van der Waals surface area contributed by atoms with Gasteiger partial charge in [-0.15, -0.1) is 0 Å². The molecule has 1 unspecified atom stereocenters. The fraction of sp³-hybridized carbons (Fsp3) is 0.750. The van der Waals surface area contributed by atoms with Crippen LogP contribution in [-0.4, -0.2) is 14.6 Å². The number of aryl methyl sites for hydroxylation is 1. The van der Waals surface area contributed by atoms with Crippen LogP contribution in [0.4, 0.5) is 0 Å². The van der Waals surface area contributed by atoms with Gasteiger partial charge in [-0.1, -0.05) is 36.2 Å². The Morgan fingerprint density at radius 3 is 2.69 bits per heavy atom. The zero-order valence-corrected chi connectivity index (χ0v) is 13.2. The topological polar surface area (TPSA) is 17.8 Å². The van der Waals surface area contributed by atoms with Crippen LogP contribution in [0.5, 0.6) is 0 Å². The molecule has 0 bridgehead atoms. The standard InChI is InChI=1S/C12H20Br2N2/c1-3-5-10(13)6-7-12-11(14)9-15-16(12)8-4-2/h9-10H,3-8H2,1-2H3. The van der Waals surface area contributed by atoms with Gasteiger partial charge in [-0.05, 0) is 41.6 Å². The van der Waals surface area contributed by atoms with Gasteiger partial charge in [0.15, 0.2) is 0 Å². The van der Waals surface area contributed by atoms with Gasteiger partial charge >= 0.3 is 0 Å². The highest BCUT2D eigenvalue weighted by Gasteiger charge is 2.10. The molecule has 0 saturated heterocycles. The van der Waals surface area contributed by atoms with Crippen molar-refractivity contribution in [2.24, 2.45) is 0 Å². The first-order valence-electron chi connectivity index (χ1n) is 6.03. The van der Waals surface area contributed by atoms with Gasteiger partial charge in [0.05, 0.1) is 16.4 Å². The second-order valence-corrected chi connectivity index (χ2v) is 6.24. The third-order valence-electron chi connectivity index (χ3n) is 2.63. The van der Waals surface area contributed by atoms with E-state index in [1.54, 1.807) is 0 Å². The highest BCUT2D eigenvalue weighted by atomic mass is 79.9. The minimum Gasteiger partial charge on any atom is -0.268 e. The molecule has 4 heteroatoms. The molecular weight excluding hydrogens is 332 g/mol. The number of hydrogen-bond donors (Lipinski definition) is 0. The van der Waals surface area contributed by atoms with Gasteiger partial charge in [-0.25, -0.2) is 0 Å². The maximum absolute atomic E-state index is 4.38. The fourth-order valence-electron chi connectivity index (χ4n) is 1.79. The molecule has 0 fully saturated rings. The molecule has 0 aliphatic heterocycles. The Bertz CT molecular complexity index is 310. The Labute approximate surface area is 115 Å². The fourth-order valence-corrected chi connectivity index (χ4v) is 2.97. The molecule has 0 radical (unpaired) electrons. The van der Waals surface area contributed by atoms with E-state index in [0.29, 0.717) is 4.83 Å². The first kappa shape index (κ1) is 14.2. The molecule has 0 aromatic carbocycles. The van der Waals surface area contributed by atoms with E-state index in [-0.39, 0.29) is 0 Å². The number of rotatable bonds is 7. The molecule has 16 heavy (non-hydrogen) atoms. The summed E-state index contributed by atoms with van der Waals surface area (Å²) in [5, 5.41) is 4.38. The van der Waals surface area contributed by atoms with Crippen LogP contribution in [-0.2, 0) is 13.0 Å². The van der Waals surface area contributed by atoms with Crippen molar-refractivity contribution in [3.63, 3.8) is 0 Å². The Hall–Kier alpha value is 0.170. The van der Waals surface area contributed by atoms with E-state index in [9.17, 15) is 0 Å². The van der Waals surface area contributed by atoms with E-state index in [1.165, 1.54) is 25.0 Å². The first-order chi connectivity index (χ1) is 7.69. The van der Waals surface area contributed by atoms with E-state index in [0.717, 1.165) is 23.9 Å². The van der Waals surface area contributed by atoms with Gasteiger partial charge in [0.1, 0.15) is 0 Å². The van der Waals surface area contributed by atoms with E-state index in [2.05, 4.69) is 55.5 Å². The van der Waals surface area contributed by atoms with Crippen LogP contribution >= 0.6 is 31.9 Å². The Kier molecular flexibility index (Phi) is 6.66. The summed E-state index contributed by atoms with van der Waals surface area (Å²) in [6.07, 6.45) is 7.81. The molecule has 1 aromatic rings. The average Bonchev–Trinajstić information content (AvgIpc) is 2.58. The molecule has 0 aliphatic carbocycles. The summed E-state index contributed by atoms with van der Waals surface area (Å²) >= 11 is 7.30. The summed E-state index contributed by atoms with van der Waals surface area (Å²) in [5.41, 5.74) is 1.34. The van der Waals surface area contributed by atoms with Crippen molar-refractivity contribution in [1.29, 1.82) is 0 Å². The molecule has 1 rings (SSSR count). The highest BCUT2D eigenvalue weighted by molar-refractivity contribution is 9.10. The van der Waals surface area contributed by atoms with Crippen LogP contribution in [0.25, 0.3) is 0 Å². The predicted molar refractivity (Wildman–Crippen MR) is 76.2 cm³/mol. The number of aromatic nitrogens is 2. The van der Waals surface area contributed by atoms with Crippen LogP contribution in [0.2, 0.25) is 0 Å². The van der Waals surface area contributed by atoms with E-state index in [4.69, 9.17) is 0 Å². The van der Waals surface area contributed by atoms with E-state index < -0.39 is 0 Å². The number of alkyl halides is 1. The van der Waals surface area contributed by atoms with E-state index in [1.807, 2.05) is 6.20 Å². The van der Waals surface area contributed by atoms with Crippen LogP contribution in [0.1, 0.15) is 45.2 Å². The molecule has 1 aromatic heterocycles. The van der Waals surface area contributed by atoms with E-state index >= 15 is 0 Å². The zero-order chi connectivity index (χ0) is 12.0. The lowest BCUT2D eigenvalue weighted by Crippen LogP contribution is -2.07. The Balaban J connectivity index is 2.54. The molecule has 0 spiro atoms. The van der Waals surface area contributed by atoms with Crippen molar-refractivity contribution in [2.45, 2.75) is 57.3 Å². The number of nitrogens with zero attached hydrogens (tertiary/aromatic N) is 2. The molecule has 1 atom stereocenters. The summed E-state index contributed by atoms with van der Waals surface area (Å²) in [6.45, 7) is 5.43. The normalized spacial score (nSPS) is 13.0. The average molecular weight is 352 g/mol. The van der Waals surface area contributed by atoms with Crippen LogP contribution in [0, 0.1) is 0 Å². The minimum absolute atomic E-state index is 0.634. The molecule has 0 saturated carbocycles. The molecule has 0 aliphatic rings. The third-order valence-corrected chi connectivity index (χ3v) is 4.21. The quantitative estimate of drug-likeness (QED) is 0.659. The molecule has 2 nitrogen and oxygen atoms in total. The van der Waals surface area contributed by atoms with Crippen molar-refractivity contribution in [3.05, 3.63) is 16.4 Å². The molecule has 92 valence electrons. The van der Waals surface area contributed by atoms with Crippen molar-refractivity contribution < 1.29 is 0 Å². The third kappa shape index (κ3) is 4.21. The lowest BCUT2D eigenvalue weighted by atomic mass is 10.1. The molecule has 1 heterocycles. The zero-order valence-electron chi connectivity index (χ0n) is 10.0. The molecule has 0 N–H and O–H groups in total. The van der Waals surface area contributed by atoms with Gasteiger partial charge in [0.25, 0.3) is 0 Å². The SMILES string of the molecule is CCCC(Br)CCc1c(Br)cnn1CCC. The van der Waals surface area contributed by atoms with Crippen LogP contribution in [0.15, 0.2) is 10.7 Å². The van der Waals surface area contributed by atoms with Crippen LogP contribution < -0.4 is 0 Å². The predicted octanol–water partition coefficient (Wildman–Crippen LogP) is 4.55. The summed E-state index contributed by atoms with van der Waals surface area (Å²) in [5.74, 6) is 0. The van der Waals surface area contributed by atoms with Crippen LogP contribution in [0.3, 0.4) is 0 Å². The van der Waals surface area contributed by atoms with Crippen molar-refractivity contribution >= 4 is 31.9 Å². The Morgan fingerprint density at radius 2 is 2.06 bits per heavy atom. The van der Waals surface area contributed by atoms with Gasteiger partial charge in [-0.2, -0.15) is 5.10 Å². The number of halogens is 2.